The molecule has 25 heavy (non-hydrogen) atoms. The molecule has 0 saturated heterocycles. The Kier molecular flexibility index (Phi) is 4.63. The summed E-state index contributed by atoms with van der Waals surface area (Å²) in [6, 6.07) is 8.23. The van der Waals surface area contributed by atoms with Gasteiger partial charge in [0, 0.05) is 15.8 Å². The molecule has 0 aliphatic heterocycles. The lowest BCUT2D eigenvalue weighted by atomic mass is 10.1. The van der Waals surface area contributed by atoms with Gasteiger partial charge in [0.1, 0.15) is 5.82 Å². The van der Waals surface area contributed by atoms with Gasteiger partial charge in [-0.2, -0.15) is 0 Å². The summed E-state index contributed by atoms with van der Waals surface area (Å²) in [5, 5.41) is 5.32. The van der Waals surface area contributed by atoms with Crippen LogP contribution in [0.15, 0.2) is 35.7 Å². The van der Waals surface area contributed by atoms with Gasteiger partial charge in [0.15, 0.2) is 5.13 Å². The van der Waals surface area contributed by atoms with Gasteiger partial charge in [0.05, 0.1) is 10.6 Å². The molecule has 1 aromatic carbocycles. The predicted octanol–water partition coefficient (Wildman–Crippen LogP) is 5.53. The summed E-state index contributed by atoms with van der Waals surface area (Å²) in [6.45, 7) is 0. The van der Waals surface area contributed by atoms with Crippen molar-refractivity contribution in [2.45, 2.75) is 32.1 Å². The highest BCUT2D eigenvalue weighted by molar-refractivity contribution is 7.15. The van der Waals surface area contributed by atoms with Crippen LogP contribution >= 0.6 is 22.7 Å². The quantitative estimate of drug-likeness (QED) is 0.614. The van der Waals surface area contributed by atoms with Gasteiger partial charge in [-0.3, -0.25) is 10.1 Å². The van der Waals surface area contributed by atoms with E-state index < -0.39 is 0 Å². The number of nitrogens with one attached hydrogen (secondary N) is 1. The van der Waals surface area contributed by atoms with Crippen LogP contribution in [0.3, 0.4) is 0 Å². The number of thiophene rings is 1. The number of thiazole rings is 1. The van der Waals surface area contributed by atoms with Crippen LogP contribution in [0.4, 0.5) is 9.52 Å². The Labute approximate surface area is 153 Å². The number of rotatable bonds is 3. The van der Waals surface area contributed by atoms with Gasteiger partial charge in [-0.05, 0) is 61.6 Å². The second-order valence-corrected chi connectivity index (χ2v) is 8.11. The minimum atomic E-state index is -0.273. The monoisotopic (exact) mass is 372 g/mol. The van der Waals surface area contributed by atoms with Crippen LogP contribution in [-0.2, 0) is 12.8 Å². The van der Waals surface area contributed by atoms with E-state index in [1.54, 1.807) is 23.5 Å². The van der Waals surface area contributed by atoms with Crippen molar-refractivity contribution in [2.24, 2.45) is 0 Å². The van der Waals surface area contributed by atoms with Gasteiger partial charge < -0.3 is 0 Å². The average molecular weight is 372 g/mol. The summed E-state index contributed by atoms with van der Waals surface area (Å²) in [5.74, 6) is -0.372. The molecule has 6 heteroatoms. The Bertz CT molecular complexity index is 875. The van der Waals surface area contributed by atoms with Crippen LogP contribution in [-0.4, -0.2) is 10.9 Å². The number of aryl methyl sites for hydroxylation is 2. The van der Waals surface area contributed by atoms with Crippen molar-refractivity contribution in [2.75, 3.05) is 5.32 Å². The van der Waals surface area contributed by atoms with Crippen LogP contribution in [0.2, 0.25) is 0 Å². The first-order valence-electron chi connectivity index (χ1n) is 8.33. The maximum Gasteiger partial charge on any atom is 0.267 e. The number of halogens is 1. The number of fused-ring (bicyclic) bond motifs is 1. The van der Waals surface area contributed by atoms with Crippen molar-refractivity contribution in [3.63, 3.8) is 0 Å². The van der Waals surface area contributed by atoms with Crippen molar-refractivity contribution in [3.05, 3.63) is 56.8 Å². The molecule has 0 unspecified atom stereocenters. The lowest BCUT2D eigenvalue weighted by molar-refractivity contribution is 0.103. The van der Waals surface area contributed by atoms with E-state index in [1.807, 2.05) is 11.4 Å². The van der Waals surface area contributed by atoms with Crippen molar-refractivity contribution in [1.29, 1.82) is 0 Å². The molecule has 1 aliphatic carbocycles. The van der Waals surface area contributed by atoms with Crippen LogP contribution in [0.5, 0.6) is 0 Å². The maximum absolute atomic E-state index is 13.0. The molecule has 0 fully saturated rings. The molecule has 3 aromatic rings. The van der Waals surface area contributed by atoms with Gasteiger partial charge in [-0.1, -0.05) is 6.42 Å². The van der Waals surface area contributed by atoms with Crippen LogP contribution < -0.4 is 5.32 Å². The first kappa shape index (κ1) is 16.4. The van der Waals surface area contributed by atoms with Crippen LogP contribution in [0.1, 0.15) is 39.4 Å². The summed E-state index contributed by atoms with van der Waals surface area (Å²) in [4.78, 5) is 19.1. The van der Waals surface area contributed by atoms with E-state index in [1.165, 1.54) is 53.2 Å². The highest BCUT2D eigenvalue weighted by Crippen LogP contribution is 2.30. The van der Waals surface area contributed by atoms with Crippen molar-refractivity contribution < 1.29 is 9.18 Å². The number of amides is 1. The fraction of sp³-hybridized carbons (Fsp3) is 0.263. The van der Waals surface area contributed by atoms with Crippen LogP contribution in [0.25, 0.3) is 11.3 Å². The van der Waals surface area contributed by atoms with E-state index in [0.717, 1.165) is 29.0 Å². The number of benzene rings is 1. The lowest BCUT2D eigenvalue weighted by Gasteiger charge is -1.99. The Balaban J connectivity index is 1.49. The topological polar surface area (TPSA) is 42.0 Å². The number of carbonyl (C=O) groups excluding carboxylic acids is 1. The molecule has 0 saturated carbocycles. The summed E-state index contributed by atoms with van der Waals surface area (Å²) >= 11 is 2.98. The molecule has 128 valence electrons. The third-order valence-electron chi connectivity index (χ3n) is 4.34. The minimum absolute atomic E-state index is 0.0990. The molecular weight excluding hydrogens is 355 g/mol. The zero-order valence-electron chi connectivity index (χ0n) is 13.5. The molecule has 2 aromatic heterocycles. The van der Waals surface area contributed by atoms with Gasteiger partial charge in [0.2, 0.25) is 0 Å². The van der Waals surface area contributed by atoms with Crippen molar-refractivity contribution >= 4 is 33.7 Å². The number of carbonyl (C=O) groups is 1. The fourth-order valence-electron chi connectivity index (χ4n) is 3.02. The highest BCUT2D eigenvalue weighted by Gasteiger charge is 2.17. The summed E-state index contributed by atoms with van der Waals surface area (Å²) in [7, 11) is 0. The smallest absolute Gasteiger partial charge is 0.267 e. The molecule has 1 aliphatic rings. The molecule has 0 spiro atoms. The molecule has 0 bridgehead atoms. The molecular formula is C19H17FN2OS2. The zero-order valence-corrected chi connectivity index (χ0v) is 15.2. The fourth-order valence-corrected chi connectivity index (χ4v) is 4.89. The first-order chi connectivity index (χ1) is 12.2. The van der Waals surface area contributed by atoms with E-state index in [0.29, 0.717) is 5.13 Å². The number of hydrogen-bond acceptors (Lipinski definition) is 4. The standard InChI is InChI=1S/C19H17FN2OS2/c20-14-8-6-12(7-9-14)15-11-24-19(21-15)22-18(23)17-10-13-4-2-1-3-5-16(13)25-17/h6-11H,1-5H2,(H,21,22,23). The molecule has 2 heterocycles. The van der Waals surface area contributed by atoms with E-state index in [2.05, 4.69) is 10.3 Å². The second-order valence-electron chi connectivity index (χ2n) is 6.12. The highest BCUT2D eigenvalue weighted by atomic mass is 32.1. The molecule has 0 radical (unpaired) electrons. The number of aromatic nitrogens is 1. The van der Waals surface area contributed by atoms with Crippen molar-refractivity contribution in [1.82, 2.24) is 4.98 Å². The zero-order chi connectivity index (χ0) is 17.2. The van der Waals surface area contributed by atoms with E-state index >= 15 is 0 Å². The summed E-state index contributed by atoms with van der Waals surface area (Å²) < 4.78 is 13.0. The first-order valence-corrected chi connectivity index (χ1v) is 10.0. The van der Waals surface area contributed by atoms with Gasteiger partial charge in [-0.25, -0.2) is 9.37 Å². The van der Waals surface area contributed by atoms with Crippen LogP contribution in [0, 0.1) is 5.82 Å². The van der Waals surface area contributed by atoms with Gasteiger partial charge >= 0.3 is 0 Å². The normalized spacial score (nSPS) is 14.0. The second kappa shape index (κ2) is 7.06. The Morgan fingerprint density at radius 1 is 1.12 bits per heavy atom. The Hall–Kier alpha value is -2.05. The Morgan fingerprint density at radius 2 is 1.92 bits per heavy atom. The van der Waals surface area contributed by atoms with Crippen molar-refractivity contribution in [3.8, 4) is 11.3 Å². The SMILES string of the molecule is O=C(Nc1nc(-c2ccc(F)cc2)cs1)c1cc2c(s1)CCCCC2. The summed E-state index contributed by atoms with van der Waals surface area (Å²) in [6.07, 6.45) is 5.85. The van der Waals surface area contributed by atoms with Gasteiger partial charge in [0.25, 0.3) is 5.91 Å². The third kappa shape index (κ3) is 3.65. The lowest BCUT2D eigenvalue weighted by Crippen LogP contribution is -2.09. The minimum Gasteiger partial charge on any atom is -0.297 e. The Morgan fingerprint density at radius 3 is 2.76 bits per heavy atom. The summed E-state index contributed by atoms with van der Waals surface area (Å²) in [5.41, 5.74) is 2.90. The average Bonchev–Trinajstić information content (AvgIpc) is 3.18. The predicted molar refractivity (Wildman–Crippen MR) is 101 cm³/mol. The van der Waals surface area contributed by atoms with E-state index in [-0.39, 0.29) is 11.7 Å². The molecule has 4 rings (SSSR count). The molecule has 1 amide bonds. The number of nitrogens with zero attached hydrogens (tertiary/aromatic N) is 1. The van der Waals surface area contributed by atoms with Gasteiger partial charge in [-0.15, -0.1) is 22.7 Å². The van der Waals surface area contributed by atoms with E-state index in [4.69, 9.17) is 0 Å². The maximum atomic E-state index is 13.0. The molecule has 3 nitrogen and oxygen atoms in total. The molecule has 0 atom stereocenters. The third-order valence-corrected chi connectivity index (χ3v) is 6.33. The largest absolute Gasteiger partial charge is 0.297 e. The van der Waals surface area contributed by atoms with E-state index in [9.17, 15) is 9.18 Å². The molecule has 1 N–H and O–H groups in total. The number of anilines is 1. The number of hydrogen-bond donors (Lipinski definition) is 1.